The Hall–Kier alpha value is -1.47. The molecular weight excluding hydrogens is 779 g/mol. The first-order chi connectivity index (χ1) is 31.0. The first kappa shape index (κ1) is 61.5. The van der Waals surface area contributed by atoms with E-state index in [1.165, 1.54) is 205 Å². The lowest BCUT2D eigenvalue weighted by Gasteiger charge is -2.27. The summed E-state index contributed by atoms with van der Waals surface area (Å²) in [6, 6.07) is -1.01. The summed E-state index contributed by atoms with van der Waals surface area (Å²) in [5.74, 6) is -0.597. The van der Waals surface area contributed by atoms with Gasteiger partial charge in [-0.05, 0) is 64.2 Å². The largest absolute Gasteiger partial charge is 0.394 e. The summed E-state index contributed by atoms with van der Waals surface area (Å²) in [4.78, 5) is 12.6. The molecule has 0 aromatic carbocycles. The van der Waals surface area contributed by atoms with Crippen molar-refractivity contribution in [2.45, 2.75) is 314 Å². The van der Waals surface area contributed by atoms with Crippen LogP contribution in [0.4, 0.5) is 0 Å². The van der Waals surface area contributed by atoms with Crippen LogP contribution in [0.5, 0.6) is 0 Å². The Kier molecular flexibility index (Phi) is 50.3. The van der Waals surface area contributed by atoms with Gasteiger partial charge in [-0.2, -0.15) is 0 Å². The van der Waals surface area contributed by atoms with E-state index in [2.05, 4.69) is 55.6 Å². The van der Waals surface area contributed by atoms with Gasteiger partial charge in [0.25, 0.3) is 0 Å². The van der Waals surface area contributed by atoms with Crippen LogP contribution in [0.3, 0.4) is 0 Å². The average molecular weight is 889 g/mol. The maximum absolute atomic E-state index is 12.6. The van der Waals surface area contributed by atoms with Gasteiger partial charge in [-0.3, -0.25) is 4.79 Å². The van der Waals surface area contributed by atoms with Gasteiger partial charge in [-0.1, -0.05) is 262 Å². The maximum atomic E-state index is 12.6. The summed E-state index contributed by atoms with van der Waals surface area (Å²) in [6.07, 6.45) is 63.6. The number of hydrogen-bond acceptors (Lipinski definition) is 5. The van der Waals surface area contributed by atoms with E-state index in [0.717, 1.165) is 51.4 Å². The molecule has 0 saturated heterocycles. The molecule has 6 heteroatoms. The molecule has 0 aliphatic rings. The van der Waals surface area contributed by atoms with Gasteiger partial charge in [-0.15, -0.1) is 0 Å². The summed E-state index contributed by atoms with van der Waals surface area (Å²) < 4.78 is 0. The Labute approximate surface area is 392 Å². The molecule has 0 saturated carbocycles. The van der Waals surface area contributed by atoms with Crippen LogP contribution in [0.1, 0.15) is 290 Å². The highest BCUT2D eigenvalue weighted by molar-refractivity contribution is 5.80. The first-order valence-corrected chi connectivity index (χ1v) is 27.9. The van der Waals surface area contributed by atoms with E-state index in [-0.39, 0.29) is 0 Å². The lowest BCUT2D eigenvalue weighted by molar-refractivity contribution is -0.132. The number of carbonyl (C=O) groups is 1. The minimum atomic E-state index is -1.29. The summed E-state index contributed by atoms with van der Waals surface area (Å²) in [5, 5.41) is 43.9. The van der Waals surface area contributed by atoms with Gasteiger partial charge in [-0.25, -0.2) is 0 Å². The highest BCUT2D eigenvalue weighted by Crippen LogP contribution is 2.17. The molecule has 0 spiro atoms. The van der Waals surface area contributed by atoms with Gasteiger partial charge in [0.1, 0.15) is 12.2 Å². The van der Waals surface area contributed by atoms with Crippen LogP contribution in [-0.4, -0.2) is 57.3 Å². The number of rotatable bonds is 51. The molecule has 0 fully saturated rings. The SMILES string of the molecule is CCCCCCCCCCCCCCCCCCCC/C=C/CC/C=C/CC/C=C/CCCC(O)C(O)C(CO)NC(=O)C(O)CCCCCCCCCCCCCCCCCC. The lowest BCUT2D eigenvalue weighted by Crippen LogP contribution is -2.53. The molecule has 6 nitrogen and oxygen atoms in total. The molecule has 1 amide bonds. The van der Waals surface area contributed by atoms with E-state index in [1.807, 2.05) is 0 Å². The summed E-state index contributed by atoms with van der Waals surface area (Å²) in [5.41, 5.74) is 0. The van der Waals surface area contributed by atoms with E-state index in [4.69, 9.17) is 0 Å². The predicted octanol–water partition coefficient (Wildman–Crippen LogP) is 16.0. The molecule has 4 unspecified atom stereocenters. The molecular formula is C57H109NO5. The van der Waals surface area contributed by atoms with Crippen molar-refractivity contribution in [2.24, 2.45) is 0 Å². The van der Waals surface area contributed by atoms with Gasteiger partial charge in [0.05, 0.1) is 18.8 Å². The van der Waals surface area contributed by atoms with Crippen molar-refractivity contribution < 1.29 is 25.2 Å². The Bertz CT molecular complexity index is 997. The molecule has 63 heavy (non-hydrogen) atoms. The Morgan fingerprint density at radius 2 is 0.667 bits per heavy atom. The molecule has 0 heterocycles. The third-order valence-corrected chi connectivity index (χ3v) is 13.1. The van der Waals surface area contributed by atoms with Crippen LogP contribution < -0.4 is 5.32 Å². The van der Waals surface area contributed by atoms with Crippen LogP contribution in [0.15, 0.2) is 36.5 Å². The highest BCUT2D eigenvalue weighted by Gasteiger charge is 2.28. The quantitative estimate of drug-likeness (QED) is 0.0309. The van der Waals surface area contributed by atoms with E-state index in [9.17, 15) is 25.2 Å². The van der Waals surface area contributed by atoms with Crippen LogP contribution in [-0.2, 0) is 4.79 Å². The second kappa shape index (κ2) is 51.5. The van der Waals surface area contributed by atoms with Gasteiger partial charge in [0.15, 0.2) is 0 Å². The monoisotopic (exact) mass is 888 g/mol. The molecule has 372 valence electrons. The maximum Gasteiger partial charge on any atom is 0.249 e. The summed E-state index contributed by atoms with van der Waals surface area (Å²) in [6.45, 7) is 4.06. The smallest absolute Gasteiger partial charge is 0.249 e. The number of hydrogen-bond donors (Lipinski definition) is 5. The first-order valence-electron chi connectivity index (χ1n) is 27.9. The van der Waals surface area contributed by atoms with Crippen LogP contribution in [0.25, 0.3) is 0 Å². The molecule has 5 N–H and O–H groups in total. The normalized spacial score (nSPS) is 14.1. The van der Waals surface area contributed by atoms with Crippen molar-refractivity contribution in [2.75, 3.05) is 6.61 Å². The minimum Gasteiger partial charge on any atom is -0.394 e. The third kappa shape index (κ3) is 45.5. The van der Waals surface area contributed by atoms with Gasteiger partial charge in [0, 0.05) is 0 Å². The molecule has 0 bridgehead atoms. The second-order valence-corrected chi connectivity index (χ2v) is 19.3. The Balaban J connectivity index is 3.68. The molecule has 0 rings (SSSR count). The van der Waals surface area contributed by atoms with E-state index >= 15 is 0 Å². The van der Waals surface area contributed by atoms with Gasteiger partial charge >= 0.3 is 0 Å². The van der Waals surface area contributed by atoms with Crippen LogP contribution in [0.2, 0.25) is 0 Å². The second-order valence-electron chi connectivity index (χ2n) is 19.3. The van der Waals surface area contributed by atoms with Crippen molar-refractivity contribution in [1.29, 1.82) is 0 Å². The van der Waals surface area contributed by atoms with Gasteiger partial charge in [0.2, 0.25) is 5.91 Å². The molecule has 4 atom stereocenters. The van der Waals surface area contributed by atoms with Gasteiger partial charge < -0.3 is 25.7 Å². The van der Waals surface area contributed by atoms with E-state index < -0.39 is 36.9 Å². The zero-order valence-electron chi connectivity index (χ0n) is 42.1. The standard InChI is InChI=1S/C57H109NO5/c1-3-5-7-9-11-13-15-17-19-21-22-23-24-25-26-27-28-29-30-31-32-33-34-35-37-38-40-42-44-46-48-50-54(60)56(62)53(52-59)58-57(63)55(61)51-49-47-45-43-41-39-36-20-18-16-14-12-10-8-6-4-2/h31-32,35,37,42,44,53-56,59-62H,3-30,33-34,36,38-41,43,45-52H2,1-2H3,(H,58,63)/b32-31+,37-35+,44-42+. The number of unbranched alkanes of at least 4 members (excludes halogenated alkanes) is 36. The van der Waals surface area contributed by atoms with Crippen molar-refractivity contribution in [3.05, 3.63) is 36.5 Å². The van der Waals surface area contributed by atoms with Crippen LogP contribution >= 0.6 is 0 Å². The Morgan fingerprint density at radius 1 is 0.381 bits per heavy atom. The number of amides is 1. The fraction of sp³-hybridized carbons (Fsp3) is 0.877. The number of carbonyl (C=O) groups excluding carboxylic acids is 1. The fourth-order valence-corrected chi connectivity index (χ4v) is 8.67. The topological polar surface area (TPSA) is 110 Å². The molecule has 0 aliphatic carbocycles. The fourth-order valence-electron chi connectivity index (χ4n) is 8.67. The lowest BCUT2D eigenvalue weighted by atomic mass is 10.00. The average Bonchev–Trinajstić information content (AvgIpc) is 3.29. The zero-order chi connectivity index (χ0) is 45.9. The number of allylic oxidation sites excluding steroid dienone is 6. The Morgan fingerprint density at radius 3 is 1.00 bits per heavy atom. The predicted molar refractivity (Wildman–Crippen MR) is 274 cm³/mol. The van der Waals surface area contributed by atoms with E-state index in [1.54, 1.807) is 0 Å². The number of aliphatic hydroxyl groups is 4. The van der Waals surface area contributed by atoms with Crippen molar-refractivity contribution >= 4 is 5.91 Å². The number of aliphatic hydroxyl groups excluding tert-OH is 4. The molecule has 0 radical (unpaired) electrons. The van der Waals surface area contributed by atoms with Crippen LogP contribution in [0, 0.1) is 0 Å². The van der Waals surface area contributed by atoms with Crippen molar-refractivity contribution in [1.82, 2.24) is 5.32 Å². The zero-order valence-corrected chi connectivity index (χ0v) is 42.1. The van der Waals surface area contributed by atoms with Crippen molar-refractivity contribution in [3.63, 3.8) is 0 Å². The van der Waals surface area contributed by atoms with Crippen molar-refractivity contribution in [3.8, 4) is 0 Å². The third-order valence-electron chi connectivity index (χ3n) is 13.1. The summed E-state index contributed by atoms with van der Waals surface area (Å²) in [7, 11) is 0. The summed E-state index contributed by atoms with van der Waals surface area (Å²) >= 11 is 0. The van der Waals surface area contributed by atoms with E-state index in [0.29, 0.717) is 19.3 Å². The number of nitrogens with one attached hydrogen (secondary N) is 1. The highest BCUT2D eigenvalue weighted by atomic mass is 16.3. The molecule has 0 aromatic rings. The molecule has 0 aromatic heterocycles. The minimum absolute atomic E-state index is 0.361. The molecule has 0 aliphatic heterocycles.